The number of rotatable bonds is 9. The van der Waals surface area contributed by atoms with Crippen molar-refractivity contribution in [2.45, 2.75) is 78.6 Å². The van der Waals surface area contributed by atoms with Gasteiger partial charge in [-0.05, 0) is 19.3 Å². The average molecular weight is 324 g/mol. The van der Waals surface area contributed by atoms with Gasteiger partial charge in [-0.25, -0.2) is 0 Å². The van der Waals surface area contributed by atoms with Gasteiger partial charge in [0.25, 0.3) is 0 Å². The summed E-state index contributed by atoms with van der Waals surface area (Å²) in [7, 11) is 0. The maximum atomic E-state index is 9.76. The van der Waals surface area contributed by atoms with Crippen LogP contribution >= 0.6 is 0 Å². The molecule has 0 aliphatic rings. The molecule has 5 N–H and O–H groups in total. The van der Waals surface area contributed by atoms with Crippen LogP contribution in [0.2, 0.25) is 0 Å². The van der Waals surface area contributed by atoms with Crippen molar-refractivity contribution in [1.82, 2.24) is 0 Å². The second-order valence-electron chi connectivity index (χ2n) is 4.49. The maximum Gasteiger partial charge on any atom is 0.303 e. The molecule has 0 radical (unpaired) electrons. The minimum atomic E-state index is -0.693. The number of carboxylic acid groups (broad SMARTS) is 3. The Labute approximate surface area is 132 Å². The fourth-order valence-electron chi connectivity index (χ4n) is 0.984. The Balaban J connectivity index is -0.000000108. The van der Waals surface area contributed by atoms with Gasteiger partial charge in [0.15, 0.2) is 0 Å². The number of hydrogen-bond acceptors (Lipinski definition) is 3. The van der Waals surface area contributed by atoms with E-state index in [0.29, 0.717) is 19.3 Å². The van der Waals surface area contributed by atoms with Gasteiger partial charge in [-0.2, -0.15) is 0 Å². The largest absolute Gasteiger partial charge is 0.481 e. The Morgan fingerprint density at radius 2 is 0.773 bits per heavy atom. The summed E-state index contributed by atoms with van der Waals surface area (Å²) in [6, 6.07) is 0. The first-order chi connectivity index (χ1) is 9.81. The van der Waals surface area contributed by atoms with Crippen molar-refractivity contribution >= 4 is 17.9 Å². The third kappa shape index (κ3) is 51.5. The number of aliphatic carboxylic acids is 3. The number of hydrogen-bond donors (Lipinski definition) is 3. The third-order valence-corrected chi connectivity index (χ3v) is 2.23. The molecular formula is C15H32O7. The van der Waals surface area contributed by atoms with Crippen LogP contribution in [0.3, 0.4) is 0 Å². The van der Waals surface area contributed by atoms with Gasteiger partial charge in [0.05, 0.1) is 0 Å². The van der Waals surface area contributed by atoms with Gasteiger partial charge >= 0.3 is 17.9 Å². The lowest BCUT2D eigenvalue weighted by Gasteiger charge is -1.85. The van der Waals surface area contributed by atoms with E-state index in [0.717, 1.165) is 38.5 Å². The Bertz CT molecular complexity index is 222. The van der Waals surface area contributed by atoms with Crippen molar-refractivity contribution in [3.05, 3.63) is 0 Å². The highest BCUT2D eigenvalue weighted by Gasteiger charge is 1.92. The van der Waals surface area contributed by atoms with Crippen LogP contribution in [0.25, 0.3) is 0 Å². The highest BCUT2D eigenvalue weighted by Crippen LogP contribution is 1.92. The second kappa shape index (κ2) is 24.4. The van der Waals surface area contributed by atoms with E-state index in [2.05, 4.69) is 0 Å². The van der Waals surface area contributed by atoms with Crippen LogP contribution in [0.5, 0.6) is 0 Å². The summed E-state index contributed by atoms with van der Waals surface area (Å²) in [6.45, 7) is 5.93. The Morgan fingerprint density at radius 3 is 0.818 bits per heavy atom. The van der Waals surface area contributed by atoms with Gasteiger partial charge in [0.1, 0.15) is 0 Å². The molecular weight excluding hydrogens is 292 g/mol. The molecule has 0 spiro atoms. The summed E-state index contributed by atoms with van der Waals surface area (Å²) in [5.41, 5.74) is 0. The molecule has 0 fully saturated rings. The smallest absolute Gasteiger partial charge is 0.303 e. The Morgan fingerprint density at radius 1 is 0.591 bits per heavy atom. The number of carbonyl (C=O) groups is 3. The summed E-state index contributed by atoms with van der Waals surface area (Å²) in [4.78, 5) is 29.3. The predicted octanol–water partition coefficient (Wildman–Crippen LogP) is 2.96. The first-order valence-corrected chi connectivity index (χ1v) is 7.47. The minimum Gasteiger partial charge on any atom is -0.481 e. The second-order valence-corrected chi connectivity index (χ2v) is 4.49. The number of unbranched alkanes of at least 4 members (excludes halogenated alkanes) is 3. The molecule has 0 aliphatic carbocycles. The van der Waals surface area contributed by atoms with Crippen LogP contribution in [-0.4, -0.2) is 38.7 Å². The van der Waals surface area contributed by atoms with E-state index >= 15 is 0 Å². The zero-order valence-corrected chi connectivity index (χ0v) is 13.9. The normalized spacial score (nSPS) is 8.32. The molecule has 0 atom stereocenters. The molecule has 7 heteroatoms. The summed E-state index contributed by atoms with van der Waals surface area (Å²) < 4.78 is 0. The van der Waals surface area contributed by atoms with Gasteiger partial charge in [0, 0.05) is 19.3 Å². The summed E-state index contributed by atoms with van der Waals surface area (Å²) >= 11 is 0. The van der Waals surface area contributed by atoms with Gasteiger partial charge in [0.2, 0.25) is 0 Å². The van der Waals surface area contributed by atoms with Crippen LogP contribution in [-0.2, 0) is 14.4 Å². The zero-order valence-electron chi connectivity index (χ0n) is 13.9. The van der Waals surface area contributed by atoms with E-state index in [4.69, 9.17) is 15.3 Å². The van der Waals surface area contributed by atoms with E-state index in [1.165, 1.54) is 0 Å². The Hall–Kier alpha value is -1.63. The van der Waals surface area contributed by atoms with Crippen LogP contribution in [0.15, 0.2) is 0 Å². The van der Waals surface area contributed by atoms with E-state index in [-0.39, 0.29) is 5.48 Å². The van der Waals surface area contributed by atoms with Crippen molar-refractivity contribution in [3.8, 4) is 0 Å². The zero-order chi connectivity index (χ0) is 17.1. The van der Waals surface area contributed by atoms with Crippen LogP contribution in [0.1, 0.15) is 78.6 Å². The maximum absolute atomic E-state index is 9.76. The van der Waals surface area contributed by atoms with E-state index < -0.39 is 17.9 Å². The fourth-order valence-corrected chi connectivity index (χ4v) is 0.984. The predicted molar refractivity (Wildman–Crippen MR) is 85.1 cm³/mol. The van der Waals surface area contributed by atoms with Gasteiger partial charge in [-0.3, -0.25) is 14.4 Å². The molecule has 0 bridgehead atoms. The summed E-state index contributed by atoms with van der Waals surface area (Å²) in [5.74, 6) is -2.08. The van der Waals surface area contributed by atoms with Crippen LogP contribution in [0, 0.1) is 0 Å². The van der Waals surface area contributed by atoms with E-state index in [1.54, 1.807) is 0 Å². The molecule has 22 heavy (non-hydrogen) atoms. The first kappa shape index (κ1) is 28.5. The molecule has 0 unspecified atom stereocenters. The lowest BCUT2D eigenvalue weighted by molar-refractivity contribution is -0.138. The topological polar surface area (TPSA) is 143 Å². The molecule has 0 saturated heterocycles. The molecule has 0 rings (SSSR count). The van der Waals surface area contributed by atoms with Crippen molar-refractivity contribution in [3.63, 3.8) is 0 Å². The fraction of sp³-hybridized carbons (Fsp3) is 0.800. The molecule has 0 aromatic carbocycles. The Kier molecular flexibility index (Phi) is 31.6. The van der Waals surface area contributed by atoms with Crippen molar-refractivity contribution in [2.75, 3.05) is 0 Å². The lowest BCUT2D eigenvalue weighted by atomic mass is 10.3. The van der Waals surface area contributed by atoms with Gasteiger partial charge in [-0.1, -0.05) is 40.0 Å². The highest BCUT2D eigenvalue weighted by atomic mass is 16.4. The highest BCUT2D eigenvalue weighted by molar-refractivity contribution is 5.67. The molecule has 0 aliphatic heterocycles. The van der Waals surface area contributed by atoms with Crippen molar-refractivity contribution in [2.24, 2.45) is 0 Å². The van der Waals surface area contributed by atoms with Crippen molar-refractivity contribution in [1.29, 1.82) is 0 Å². The minimum absolute atomic E-state index is 0. The molecule has 134 valence electrons. The first-order valence-electron chi connectivity index (χ1n) is 7.47. The molecule has 0 amide bonds. The molecule has 0 heterocycles. The molecule has 7 nitrogen and oxygen atoms in total. The summed E-state index contributed by atoms with van der Waals surface area (Å²) in [5, 5.41) is 24.1. The van der Waals surface area contributed by atoms with E-state index in [9.17, 15) is 14.4 Å². The monoisotopic (exact) mass is 324 g/mol. The summed E-state index contributed by atoms with van der Waals surface area (Å²) in [6.07, 6.45) is 6.24. The standard InChI is InChI=1S/3C5H10O2.H2O/c3*1-2-3-4-5(6)7;/h3*2-4H2,1H3,(H,6,7);1H2. The average Bonchev–Trinajstić information content (AvgIpc) is 2.41. The molecule has 0 saturated carbocycles. The van der Waals surface area contributed by atoms with E-state index in [1.807, 2.05) is 20.8 Å². The SMILES string of the molecule is CCCCC(=O)O.CCCCC(=O)O.CCCCC(=O)O.O. The molecule has 0 aromatic rings. The van der Waals surface area contributed by atoms with Gasteiger partial charge < -0.3 is 20.8 Å². The van der Waals surface area contributed by atoms with Crippen molar-refractivity contribution < 1.29 is 35.2 Å². The molecule has 0 aromatic heterocycles. The van der Waals surface area contributed by atoms with Crippen LogP contribution in [0.4, 0.5) is 0 Å². The number of carboxylic acids is 3. The quantitative estimate of drug-likeness (QED) is 0.594. The van der Waals surface area contributed by atoms with Gasteiger partial charge in [-0.15, -0.1) is 0 Å². The lowest BCUT2D eigenvalue weighted by Crippen LogP contribution is -1.91. The third-order valence-electron chi connectivity index (χ3n) is 2.23. The van der Waals surface area contributed by atoms with Crippen LogP contribution < -0.4 is 0 Å².